The molecule has 0 radical (unpaired) electrons. The van der Waals surface area contributed by atoms with E-state index in [-0.39, 0.29) is 17.2 Å². The molecule has 3 fully saturated rings. The number of nitrogens with zero attached hydrogens (tertiary/aromatic N) is 2. The van der Waals surface area contributed by atoms with Crippen molar-refractivity contribution in [3.63, 3.8) is 0 Å². The Morgan fingerprint density at radius 1 is 1.16 bits per heavy atom. The molecular weight excluding hydrogens is 314 g/mol. The first-order valence-corrected chi connectivity index (χ1v) is 9.37. The number of anilines is 1. The number of hydrogen-bond acceptors (Lipinski definition) is 3. The van der Waals surface area contributed by atoms with Gasteiger partial charge in [0.1, 0.15) is 5.92 Å². The molecule has 3 aliphatic heterocycles. The predicted octanol–water partition coefficient (Wildman–Crippen LogP) is 1.87. The van der Waals surface area contributed by atoms with Crippen LogP contribution in [0.15, 0.2) is 18.2 Å². The van der Waals surface area contributed by atoms with E-state index in [1.807, 2.05) is 30.9 Å². The van der Waals surface area contributed by atoms with Crippen molar-refractivity contribution in [3.05, 3.63) is 29.3 Å². The minimum atomic E-state index is -0.495. The van der Waals surface area contributed by atoms with Gasteiger partial charge in [-0.1, -0.05) is 6.07 Å². The average Bonchev–Trinajstić information content (AvgIpc) is 3.28. The Hall–Kier alpha value is -1.88. The van der Waals surface area contributed by atoms with Crippen LogP contribution in [0.4, 0.5) is 5.69 Å². The highest BCUT2D eigenvalue weighted by Crippen LogP contribution is 2.37. The Kier molecular flexibility index (Phi) is 4.07. The molecule has 134 valence electrons. The van der Waals surface area contributed by atoms with Gasteiger partial charge in [-0.05, 0) is 62.9 Å². The number of aryl methyl sites for hydroxylation is 2. The third-order valence-electron chi connectivity index (χ3n) is 6.10. The molecule has 2 atom stereocenters. The van der Waals surface area contributed by atoms with Crippen LogP contribution >= 0.6 is 0 Å². The third-order valence-corrected chi connectivity index (χ3v) is 6.10. The zero-order valence-electron chi connectivity index (χ0n) is 15.2. The fraction of sp³-hybridized carbons (Fsp3) is 0.600. The minimum Gasteiger partial charge on any atom is -0.341 e. The summed E-state index contributed by atoms with van der Waals surface area (Å²) in [5, 5.41) is 3.42. The highest BCUT2D eigenvalue weighted by atomic mass is 16.2. The molecule has 25 heavy (non-hydrogen) atoms. The van der Waals surface area contributed by atoms with Gasteiger partial charge in [0, 0.05) is 37.3 Å². The number of likely N-dealkylation sites (tertiary alicyclic amines) is 1. The number of carbonyl (C=O) groups is 2. The summed E-state index contributed by atoms with van der Waals surface area (Å²) in [7, 11) is 0. The first-order chi connectivity index (χ1) is 12.0. The zero-order chi connectivity index (χ0) is 17.6. The van der Waals surface area contributed by atoms with Crippen LogP contribution in [0, 0.1) is 25.2 Å². The zero-order valence-corrected chi connectivity index (χ0v) is 15.2. The van der Waals surface area contributed by atoms with Gasteiger partial charge in [-0.25, -0.2) is 0 Å². The van der Waals surface area contributed by atoms with E-state index in [9.17, 15) is 9.59 Å². The van der Waals surface area contributed by atoms with Gasteiger partial charge in [0.05, 0.1) is 0 Å². The molecule has 1 N–H and O–H groups in total. The molecule has 5 heteroatoms. The minimum absolute atomic E-state index is 0.0273. The van der Waals surface area contributed by atoms with E-state index < -0.39 is 5.92 Å². The summed E-state index contributed by atoms with van der Waals surface area (Å²) in [6, 6.07) is 6.17. The SMILES string of the molecule is Cc1cc(C)cc(N2CC[C@H](C(=O)N3CC[C@]4(CCNC4)C3)C2=O)c1. The summed E-state index contributed by atoms with van der Waals surface area (Å²) in [5.74, 6) is -0.480. The number of benzene rings is 1. The summed E-state index contributed by atoms with van der Waals surface area (Å²) in [6.45, 7) is 8.38. The molecule has 1 aromatic rings. The average molecular weight is 341 g/mol. The second-order valence-corrected chi connectivity index (χ2v) is 8.11. The number of hydrogen-bond donors (Lipinski definition) is 1. The topological polar surface area (TPSA) is 52.7 Å². The van der Waals surface area contributed by atoms with Crippen LogP contribution in [0.5, 0.6) is 0 Å². The fourth-order valence-corrected chi connectivity index (χ4v) is 4.76. The summed E-state index contributed by atoms with van der Waals surface area (Å²) >= 11 is 0. The molecule has 3 heterocycles. The second-order valence-electron chi connectivity index (χ2n) is 8.11. The van der Waals surface area contributed by atoms with Crippen molar-refractivity contribution in [2.24, 2.45) is 11.3 Å². The van der Waals surface area contributed by atoms with Gasteiger partial charge in [0.25, 0.3) is 0 Å². The van der Waals surface area contributed by atoms with E-state index in [0.29, 0.717) is 13.0 Å². The molecule has 0 aromatic heterocycles. The number of amides is 2. The van der Waals surface area contributed by atoms with E-state index in [1.54, 1.807) is 4.90 Å². The van der Waals surface area contributed by atoms with Crippen LogP contribution in [0.3, 0.4) is 0 Å². The second kappa shape index (κ2) is 6.13. The van der Waals surface area contributed by atoms with E-state index in [0.717, 1.165) is 55.8 Å². The van der Waals surface area contributed by atoms with E-state index in [4.69, 9.17) is 0 Å². The van der Waals surface area contributed by atoms with Crippen LogP contribution in [-0.2, 0) is 9.59 Å². The van der Waals surface area contributed by atoms with Crippen molar-refractivity contribution in [3.8, 4) is 0 Å². The van der Waals surface area contributed by atoms with Gasteiger partial charge in [0.2, 0.25) is 11.8 Å². The van der Waals surface area contributed by atoms with Crippen LogP contribution in [0.2, 0.25) is 0 Å². The van der Waals surface area contributed by atoms with Crippen molar-refractivity contribution in [1.29, 1.82) is 0 Å². The van der Waals surface area contributed by atoms with E-state index in [1.165, 1.54) is 0 Å². The maximum Gasteiger partial charge on any atom is 0.239 e. The third kappa shape index (κ3) is 2.95. The molecule has 0 bridgehead atoms. The van der Waals surface area contributed by atoms with E-state index >= 15 is 0 Å². The van der Waals surface area contributed by atoms with Gasteiger partial charge >= 0.3 is 0 Å². The summed E-state index contributed by atoms with van der Waals surface area (Å²) in [4.78, 5) is 29.6. The van der Waals surface area contributed by atoms with Crippen molar-refractivity contribution < 1.29 is 9.59 Å². The number of nitrogens with one attached hydrogen (secondary N) is 1. The molecular formula is C20H27N3O2. The summed E-state index contributed by atoms with van der Waals surface area (Å²) in [6.07, 6.45) is 2.84. The smallest absolute Gasteiger partial charge is 0.239 e. The van der Waals surface area contributed by atoms with Crippen molar-refractivity contribution in [1.82, 2.24) is 10.2 Å². The van der Waals surface area contributed by atoms with Gasteiger partial charge in [-0.3, -0.25) is 9.59 Å². The molecule has 2 amide bonds. The lowest BCUT2D eigenvalue weighted by molar-refractivity contribution is -0.139. The first kappa shape index (κ1) is 16.6. The molecule has 1 spiro atoms. The molecule has 3 saturated heterocycles. The number of rotatable bonds is 2. The van der Waals surface area contributed by atoms with Gasteiger partial charge in [0.15, 0.2) is 0 Å². The largest absolute Gasteiger partial charge is 0.341 e. The fourth-order valence-electron chi connectivity index (χ4n) is 4.76. The Balaban J connectivity index is 1.47. The first-order valence-electron chi connectivity index (χ1n) is 9.37. The van der Waals surface area contributed by atoms with Crippen molar-refractivity contribution in [2.75, 3.05) is 37.6 Å². The van der Waals surface area contributed by atoms with Crippen LogP contribution in [0.25, 0.3) is 0 Å². The molecule has 0 saturated carbocycles. The van der Waals surface area contributed by atoms with E-state index in [2.05, 4.69) is 11.4 Å². The van der Waals surface area contributed by atoms with Crippen molar-refractivity contribution in [2.45, 2.75) is 33.1 Å². The number of carbonyl (C=O) groups excluding carboxylic acids is 2. The predicted molar refractivity (Wildman–Crippen MR) is 97.5 cm³/mol. The van der Waals surface area contributed by atoms with Crippen molar-refractivity contribution >= 4 is 17.5 Å². The normalized spacial score (nSPS) is 29.2. The molecule has 1 aromatic carbocycles. The maximum atomic E-state index is 13.0. The highest BCUT2D eigenvalue weighted by Gasteiger charge is 2.46. The highest BCUT2D eigenvalue weighted by molar-refractivity contribution is 6.09. The standard InChI is InChI=1S/C20H27N3O2/c1-14-9-15(2)11-16(10-14)23-7-3-17(19(23)25)18(24)22-8-5-20(13-22)4-6-21-12-20/h9-11,17,21H,3-8,12-13H2,1-2H3/t17-,20+/m1/s1. The lowest BCUT2D eigenvalue weighted by atomic mass is 9.86. The molecule has 5 nitrogen and oxygen atoms in total. The summed E-state index contributed by atoms with van der Waals surface area (Å²) in [5.41, 5.74) is 3.47. The Morgan fingerprint density at radius 3 is 2.60 bits per heavy atom. The Labute approximate surface area is 149 Å². The lowest BCUT2D eigenvalue weighted by Crippen LogP contribution is -2.40. The van der Waals surface area contributed by atoms with Crippen LogP contribution in [0.1, 0.15) is 30.4 Å². The summed E-state index contributed by atoms with van der Waals surface area (Å²) < 4.78 is 0. The lowest BCUT2D eigenvalue weighted by Gasteiger charge is -2.24. The van der Waals surface area contributed by atoms with Gasteiger partial charge in [-0.15, -0.1) is 0 Å². The molecule has 3 aliphatic rings. The van der Waals surface area contributed by atoms with Gasteiger partial charge < -0.3 is 15.1 Å². The maximum absolute atomic E-state index is 13.0. The quantitative estimate of drug-likeness (QED) is 0.836. The molecule has 0 unspecified atom stereocenters. The Morgan fingerprint density at radius 2 is 1.92 bits per heavy atom. The molecule has 4 rings (SSSR count). The Bertz CT molecular complexity index is 689. The van der Waals surface area contributed by atoms with Gasteiger partial charge in [-0.2, -0.15) is 0 Å². The molecule has 0 aliphatic carbocycles. The van der Waals surface area contributed by atoms with Crippen LogP contribution in [-0.4, -0.2) is 49.4 Å². The monoisotopic (exact) mass is 341 g/mol. The van der Waals surface area contributed by atoms with Crippen LogP contribution < -0.4 is 10.2 Å².